The lowest BCUT2D eigenvalue weighted by atomic mass is 10.2. The molecule has 0 saturated heterocycles. The summed E-state index contributed by atoms with van der Waals surface area (Å²) in [5, 5.41) is 11.2. The molecule has 0 fully saturated rings. The Morgan fingerprint density at radius 3 is 2.87 bits per heavy atom. The molecule has 4 aromatic heterocycles. The highest BCUT2D eigenvalue weighted by atomic mass is 32.1. The maximum Gasteiger partial charge on any atom is 0.150 e. The van der Waals surface area contributed by atoms with Crippen LogP contribution in [0.4, 0.5) is 0 Å². The van der Waals surface area contributed by atoms with E-state index < -0.39 is 0 Å². The molecule has 4 heterocycles. The zero-order valence-corrected chi connectivity index (χ0v) is 13.5. The number of hydrogen-bond acceptors (Lipinski definition) is 4. The fourth-order valence-corrected chi connectivity index (χ4v) is 3.56. The van der Waals surface area contributed by atoms with Gasteiger partial charge in [0.2, 0.25) is 0 Å². The third kappa shape index (κ3) is 2.83. The van der Waals surface area contributed by atoms with Gasteiger partial charge in [-0.15, -0.1) is 11.3 Å². The second-order valence-electron chi connectivity index (χ2n) is 5.35. The van der Waals surface area contributed by atoms with Crippen LogP contribution in [0.1, 0.15) is 5.56 Å². The Morgan fingerprint density at radius 1 is 1.17 bits per heavy atom. The third-order valence-corrected chi connectivity index (χ3v) is 4.82. The topological polar surface area (TPSA) is 64.3 Å². The van der Waals surface area contributed by atoms with Gasteiger partial charge < -0.3 is 4.57 Å². The number of imidazole rings is 1. The van der Waals surface area contributed by atoms with E-state index in [1.165, 1.54) is 10.4 Å². The molecule has 23 heavy (non-hydrogen) atoms. The quantitative estimate of drug-likeness (QED) is 0.614. The summed E-state index contributed by atoms with van der Waals surface area (Å²) in [6.07, 6.45) is 10.6. The van der Waals surface area contributed by atoms with E-state index in [9.17, 15) is 0 Å². The lowest BCUT2D eigenvalue weighted by Gasteiger charge is -2.05. The van der Waals surface area contributed by atoms with Gasteiger partial charge in [-0.3, -0.25) is 9.78 Å². The number of rotatable bonds is 5. The Kier molecular flexibility index (Phi) is 3.55. The Morgan fingerprint density at radius 2 is 2.09 bits per heavy atom. The molecule has 0 aliphatic carbocycles. The summed E-state index contributed by atoms with van der Waals surface area (Å²) in [7, 11) is 1.94. The van der Waals surface area contributed by atoms with Crippen molar-refractivity contribution in [2.24, 2.45) is 7.05 Å². The van der Waals surface area contributed by atoms with Crippen molar-refractivity contribution in [1.82, 2.24) is 29.5 Å². The van der Waals surface area contributed by atoms with Crippen LogP contribution in [-0.2, 0) is 20.0 Å². The van der Waals surface area contributed by atoms with Crippen molar-refractivity contribution < 1.29 is 0 Å². The van der Waals surface area contributed by atoms with E-state index in [0.717, 1.165) is 29.4 Å². The van der Waals surface area contributed by atoms with Gasteiger partial charge in [0, 0.05) is 38.4 Å². The van der Waals surface area contributed by atoms with E-state index in [1.54, 1.807) is 17.5 Å². The van der Waals surface area contributed by atoms with Gasteiger partial charge in [0.1, 0.15) is 5.82 Å². The van der Waals surface area contributed by atoms with Crippen molar-refractivity contribution in [3.05, 3.63) is 54.7 Å². The second-order valence-corrected chi connectivity index (χ2v) is 6.43. The van der Waals surface area contributed by atoms with Gasteiger partial charge in [-0.2, -0.15) is 10.2 Å². The number of thiophene rings is 1. The SMILES string of the molecule is Cn1cc(CCn2ccnc2-c2ccc(-c3ccn[nH]3)s2)cn1. The number of H-pyrrole nitrogens is 1. The van der Waals surface area contributed by atoms with Crippen molar-refractivity contribution in [3.8, 4) is 21.3 Å². The van der Waals surface area contributed by atoms with E-state index in [1.807, 2.05) is 36.4 Å². The fourth-order valence-electron chi connectivity index (χ4n) is 2.56. The highest BCUT2D eigenvalue weighted by Crippen LogP contribution is 2.32. The molecule has 0 saturated carbocycles. The minimum atomic E-state index is 0.887. The van der Waals surface area contributed by atoms with E-state index in [2.05, 4.69) is 43.2 Å². The van der Waals surface area contributed by atoms with Crippen molar-refractivity contribution in [3.63, 3.8) is 0 Å². The lowest BCUT2D eigenvalue weighted by Crippen LogP contribution is -2.01. The molecule has 0 amide bonds. The van der Waals surface area contributed by atoms with Gasteiger partial charge in [0.15, 0.2) is 0 Å². The minimum absolute atomic E-state index is 0.887. The molecule has 0 atom stereocenters. The monoisotopic (exact) mass is 324 g/mol. The first-order chi connectivity index (χ1) is 11.3. The van der Waals surface area contributed by atoms with Gasteiger partial charge >= 0.3 is 0 Å². The van der Waals surface area contributed by atoms with Crippen LogP contribution in [0.15, 0.2) is 49.2 Å². The zero-order valence-electron chi connectivity index (χ0n) is 12.7. The Bertz CT molecular complexity index is 899. The molecule has 0 spiro atoms. The Balaban J connectivity index is 1.55. The largest absolute Gasteiger partial charge is 0.330 e. The maximum absolute atomic E-state index is 4.53. The molecule has 0 aliphatic heterocycles. The molecule has 4 aromatic rings. The third-order valence-electron chi connectivity index (χ3n) is 3.71. The van der Waals surface area contributed by atoms with Gasteiger partial charge in [-0.25, -0.2) is 4.98 Å². The van der Waals surface area contributed by atoms with Crippen molar-refractivity contribution >= 4 is 11.3 Å². The van der Waals surface area contributed by atoms with Crippen LogP contribution < -0.4 is 0 Å². The highest BCUT2D eigenvalue weighted by Gasteiger charge is 2.11. The highest BCUT2D eigenvalue weighted by molar-refractivity contribution is 7.18. The summed E-state index contributed by atoms with van der Waals surface area (Å²) < 4.78 is 4.02. The Labute approximate surface area is 137 Å². The first-order valence-electron chi connectivity index (χ1n) is 7.38. The standard InChI is InChI=1S/C16H16N6S/c1-21-11-12(10-19-21)5-8-22-9-7-17-16(22)15-3-2-14(23-15)13-4-6-18-20-13/h2-4,6-7,9-11H,5,8H2,1H3,(H,18,20). The van der Waals surface area contributed by atoms with Crippen molar-refractivity contribution in [2.45, 2.75) is 13.0 Å². The molecular formula is C16H16N6S. The van der Waals surface area contributed by atoms with Crippen LogP contribution in [0.2, 0.25) is 0 Å². The molecule has 116 valence electrons. The van der Waals surface area contributed by atoms with E-state index >= 15 is 0 Å². The lowest BCUT2D eigenvalue weighted by molar-refractivity contribution is 0.702. The number of aromatic amines is 1. The van der Waals surface area contributed by atoms with Crippen LogP contribution in [0.3, 0.4) is 0 Å². The van der Waals surface area contributed by atoms with E-state index in [4.69, 9.17) is 0 Å². The molecule has 0 unspecified atom stereocenters. The first-order valence-corrected chi connectivity index (χ1v) is 8.20. The van der Waals surface area contributed by atoms with E-state index in [0.29, 0.717) is 0 Å². The number of hydrogen-bond donors (Lipinski definition) is 1. The van der Waals surface area contributed by atoms with Gasteiger partial charge in [0.25, 0.3) is 0 Å². The van der Waals surface area contributed by atoms with Crippen molar-refractivity contribution in [1.29, 1.82) is 0 Å². The van der Waals surface area contributed by atoms with Crippen LogP contribution in [0.5, 0.6) is 0 Å². The fraction of sp³-hybridized carbons (Fsp3) is 0.188. The van der Waals surface area contributed by atoms with Crippen LogP contribution >= 0.6 is 11.3 Å². The predicted molar refractivity (Wildman–Crippen MR) is 90.0 cm³/mol. The molecule has 4 rings (SSSR count). The summed E-state index contributed by atoms with van der Waals surface area (Å²) >= 11 is 1.72. The average Bonchev–Trinajstić information content (AvgIpc) is 3.31. The summed E-state index contributed by atoms with van der Waals surface area (Å²) in [4.78, 5) is 6.85. The second kappa shape index (κ2) is 5.85. The molecular weight excluding hydrogens is 308 g/mol. The predicted octanol–water partition coefficient (Wildman–Crippen LogP) is 2.98. The molecule has 7 heteroatoms. The van der Waals surface area contributed by atoms with E-state index in [-0.39, 0.29) is 0 Å². The number of nitrogens with zero attached hydrogens (tertiary/aromatic N) is 5. The van der Waals surface area contributed by atoms with Crippen LogP contribution in [0.25, 0.3) is 21.3 Å². The molecule has 0 aliphatic rings. The molecule has 6 nitrogen and oxygen atoms in total. The van der Waals surface area contributed by atoms with Crippen LogP contribution in [-0.4, -0.2) is 29.5 Å². The summed E-state index contributed by atoms with van der Waals surface area (Å²) in [6, 6.07) is 6.20. The molecule has 1 N–H and O–H groups in total. The smallest absolute Gasteiger partial charge is 0.150 e. The van der Waals surface area contributed by atoms with Crippen LogP contribution in [0, 0.1) is 0 Å². The molecule has 0 aromatic carbocycles. The average molecular weight is 324 g/mol. The minimum Gasteiger partial charge on any atom is -0.330 e. The van der Waals surface area contributed by atoms with Gasteiger partial charge in [-0.05, 0) is 30.2 Å². The van der Waals surface area contributed by atoms with Crippen molar-refractivity contribution in [2.75, 3.05) is 0 Å². The van der Waals surface area contributed by atoms with Gasteiger partial charge in [0.05, 0.1) is 21.6 Å². The Hall–Kier alpha value is -2.67. The molecule has 0 bridgehead atoms. The summed E-state index contributed by atoms with van der Waals surface area (Å²) in [5.74, 6) is 1.00. The van der Waals surface area contributed by atoms with Gasteiger partial charge in [-0.1, -0.05) is 0 Å². The summed E-state index contributed by atoms with van der Waals surface area (Å²) in [6.45, 7) is 0.887. The molecule has 0 radical (unpaired) electrons. The number of aromatic nitrogens is 6. The normalized spacial score (nSPS) is 11.2. The maximum atomic E-state index is 4.53. The number of aryl methyl sites for hydroxylation is 3. The zero-order chi connectivity index (χ0) is 15.6. The summed E-state index contributed by atoms with van der Waals surface area (Å²) in [5.41, 5.74) is 2.27. The first kappa shape index (κ1) is 14.0. The number of nitrogens with one attached hydrogen (secondary N) is 1.